The molecule has 1 amide bonds. The largest absolute Gasteiger partial charge is 0.325 e. The summed E-state index contributed by atoms with van der Waals surface area (Å²) < 4.78 is 0.906. The van der Waals surface area contributed by atoms with Crippen LogP contribution in [0.1, 0.15) is 5.56 Å². The Morgan fingerprint density at radius 2 is 1.95 bits per heavy atom. The number of hydrogen-bond acceptors (Lipinski definition) is 4. The third-order valence-electron chi connectivity index (χ3n) is 2.76. The number of anilines is 1. The molecular formula is C15H13BrN2O3S. The van der Waals surface area contributed by atoms with Crippen molar-refractivity contribution in [2.24, 2.45) is 0 Å². The average molecular weight is 381 g/mol. The highest BCUT2D eigenvalue weighted by molar-refractivity contribution is 9.10. The van der Waals surface area contributed by atoms with Crippen molar-refractivity contribution in [3.05, 3.63) is 68.7 Å². The number of nitrogens with zero attached hydrogens (tertiary/aromatic N) is 1. The van der Waals surface area contributed by atoms with E-state index in [2.05, 4.69) is 21.2 Å². The maximum atomic E-state index is 11.8. The molecule has 0 aliphatic heterocycles. The molecule has 0 fully saturated rings. The molecular weight excluding hydrogens is 368 g/mol. The summed E-state index contributed by atoms with van der Waals surface area (Å²) in [5, 5.41) is 13.4. The molecule has 0 atom stereocenters. The Morgan fingerprint density at radius 1 is 1.23 bits per heavy atom. The molecule has 0 heterocycles. The molecule has 0 unspecified atom stereocenters. The molecule has 1 N–H and O–H groups in total. The zero-order valence-electron chi connectivity index (χ0n) is 11.5. The molecule has 0 radical (unpaired) electrons. The minimum atomic E-state index is -0.428. The number of rotatable bonds is 6. The quantitative estimate of drug-likeness (QED) is 0.601. The van der Waals surface area contributed by atoms with E-state index in [0.29, 0.717) is 11.5 Å². The van der Waals surface area contributed by atoms with E-state index in [4.69, 9.17) is 0 Å². The first-order chi connectivity index (χ1) is 10.5. The predicted molar refractivity (Wildman–Crippen MR) is 92.0 cm³/mol. The number of nitrogens with one attached hydrogen (secondary N) is 1. The molecule has 0 aliphatic carbocycles. The molecule has 0 saturated heterocycles. The first-order valence-corrected chi connectivity index (χ1v) is 8.36. The molecule has 7 heteroatoms. The van der Waals surface area contributed by atoms with Gasteiger partial charge >= 0.3 is 0 Å². The number of amides is 1. The van der Waals surface area contributed by atoms with Crippen LogP contribution in [0.5, 0.6) is 0 Å². The van der Waals surface area contributed by atoms with Crippen LogP contribution in [-0.2, 0) is 10.5 Å². The number of nitro groups is 1. The van der Waals surface area contributed by atoms with Gasteiger partial charge in [-0.1, -0.05) is 34.1 Å². The second kappa shape index (κ2) is 7.95. The van der Waals surface area contributed by atoms with Crippen LogP contribution >= 0.6 is 27.7 Å². The molecule has 0 aliphatic rings. The fourth-order valence-corrected chi connectivity index (χ4v) is 2.93. The summed E-state index contributed by atoms with van der Waals surface area (Å²) in [6.45, 7) is 0. The number of hydrogen-bond donors (Lipinski definition) is 1. The SMILES string of the molecule is O=C(CSCc1ccc([N+](=O)[O-])cc1)Nc1cccc(Br)c1. The van der Waals surface area contributed by atoms with Crippen LogP contribution < -0.4 is 5.32 Å². The minimum Gasteiger partial charge on any atom is -0.325 e. The van der Waals surface area contributed by atoms with Gasteiger partial charge in [-0.2, -0.15) is 0 Å². The van der Waals surface area contributed by atoms with Crippen LogP contribution in [0.4, 0.5) is 11.4 Å². The smallest absolute Gasteiger partial charge is 0.269 e. The highest BCUT2D eigenvalue weighted by atomic mass is 79.9. The van der Waals surface area contributed by atoms with Crippen molar-refractivity contribution in [2.75, 3.05) is 11.1 Å². The molecule has 2 aromatic rings. The molecule has 114 valence electrons. The summed E-state index contributed by atoms with van der Waals surface area (Å²) in [6, 6.07) is 13.7. The van der Waals surface area contributed by atoms with Crippen LogP contribution in [-0.4, -0.2) is 16.6 Å². The second-order valence-corrected chi connectivity index (χ2v) is 6.38. The first-order valence-electron chi connectivity index (χ1n) is 6.41. The van der Waals surface area contributed by atoms with E-state index in [9.17, 15) is 14.9 Å². The Hall–Kier alpha value is -1.86. The van der Waals surface area contributed by atoms with Crippen molar-refractivity contribution < 1.29 is 9.72 Å². The lowest BCUT2D eigenvalue weighted by molar-refractivity contribution is -0.384. The summed E-state index contributed by atoms with van der Waals surface area (Å²) in [4.78, 5) is 21.9. The van der Waals surface area contributed by atoms with Crippen LogP contribution in [0.2, 0.25) is 0 Å². The molecule has 22 heavy (non-hydrogen) atoms. The number of non-ortho nitro benzene ring substituents is 1. The topological polar surface area (TPSA) is 72.2 Å². The van der Waals surface area contributed by atoms with E-state index < -0.39 is 4.92 Å². The summed E-state index contributed by atoms with van der Waals surface area (Å²) >= 11 is 4.81. The lowest BCUT2D eigenvalue weighted by atomic mass is 10.2. The fraction of sp³-hybridized carbons (Fsp3) is 0.133. The van der Waals surface area contributed by atoms with Gasteiger partial charge < -0.3 is 5.32 Å². The highest BCUT2D eigenvalue weighted by Gasteiger charge is 2.06. The van der Waals surface area contributed by atoms with Gasteiger partial charge in [-0.05, 0) is 23.8 Å². The fourth-order valence-electron chi connectivity index (χ4n) is 1.74. The van der Waals surface area contributed by atoms with Crippen molar-refractivity contribution in [3.63, 3.8) is 0 Å². The van der Waals surface area contributed by atoms with Gasteiger partial charge in [0, 0.05) is 28.0 Å². The molecule has 0 spiro atoms. The maximum absolute atomic E-state index is 11.8. The van der Waals surface area contributed by atoms with E-state index in [0.717, 1.165) is 15.7 Å². The number of carbonyl (C=O) groups excluding carboxylic acids is 1. The van der Waals surface area contributed by atoms with Gasteiger partial charge in [-0.3, -0.25) is 14.9 Å². The molecule has 5 nitrogen and oxygen atoms in total. The predicted octanol–water partition coefficient (Wildman–Crippen LogP) is 4.23. The molecule has 2 aromatic carbocycles. The van der Waals surface area contributed by atoms with Crippen LogP contribution in [0.3, 0.4) is 0 Å². The molecule has 0 aromatic heterocycles. The van der Waals surface area contributed by atoms with Gasteiger partial charge in [0.05, 0.1) is 10.7 Å². The Morgan fingerprint density at radius 3 is 2.59 bits per heavy atom. The number of nitro benzene ring substituents is 1. The van der Waals surface area contributed by atoms with Crippen molar-refractivity contribution >= 4 is 45.0 Å². The van der Waals surface area contributed by atoms with Gasteiger partial charge in [0.15, 0.2) is 0 Å². The van der Waals surface area contributed by atoms with E-state index >= 15 is 0 Å². The number of halogens is 1. The van der Waals surface area contributed by atoms with Crippen molar-refractivity contribution in [2.45, 2.75) is 5.75 Å². The van der Waals surface area contributed by atoms with Gasteiger partial charge in [-0.25, -0.2) is 0 Å². The summed E-state index contributed by atoms with van der Waals surface area (Å²) in [5.74, 6) is 0.873. The van der Waals surface area contributed by atoms with Gasteiger partial charge in [0.2, 0.25) is 5.91 Å². The molecule has 0 saturated carbocycles. The number of benzene rings is 2. The van der Waals surface area contributed by atoms with Crippen molar-refractivity contribution in [3.8, 4) is 0 Å². The maximum Gasteiger partial charge on any atom is 0.269 e. The molecule has 2 rings (SSSR count). The Balaban J connectivity index is 1.78. The molecule has 0 bridgehead atoms. The third kappa shape index (κ3) is 5.16. The van der Waals surface area contributed by atoms with E-state index in [1.165, 1.54) is 23.9 Å². The van der Waals surface area contributed by atoms with Crippen molar-refractivity contribution in [1.82, 2.24) is 0 Å². The minimum absolute atomic E-state index is 0.0705. The zero-order chi connectivity index (χ0) is 15.9. The third-order valence-corrected chi connectivity index (χ3v) is 4.25. The normalized spacial score (nSPS) is 10.2. The standard InChI is InChI=1S/C15H13BrN2O3S/c16-12-2-1-3-13(8-12)17-15(19)10-22-9-11-4-6-14(7-5-11)18(20)21/h1-8H,9-10H2,(H,17,19). The van der Waals surface area contributed by atoms with Gasteiger partial charge in [0.25, 0.3) is 5.69 Å². The lowest BCUT2D eigenvalue weighted by Crippen LogP contribution is -2.14. The van der Waals surface area contributed by atoms with E-state index in [1.54, 1.807) is 12.1 Å². The monoisotopic (exact) mass is 380 g/mol. The zero-order valence-corrected chi connectivity index (χ0v) is 13.9. The average Bonchev–Trinajstić information content (AvgIpc) is 2.47. The number of thioether (sulfide) groups is 1. The number of carbonyl (C=O) groups is 1. The van der Waals surface area contributed by atoms with Crippen LogP contribution in [0, 0.1) is 10.1 Å². The highest BCUT2D eigenvalue weighted by Crippen LogP contribution is 2.18. The Labute approximate surface area is 140 Å². The second-order valence-electron chi connectivity index (χ2n) is 4.47. The van der Waals surface area contributed by atoms with Crippen LogP contribution in [0.15, 0.2) is 53.0 Å². The summed E-state index contributed by atoms with van der Waals surface area (Å²) in [7, 11) is 0. The van der Waals surface area contributed by atoms with Crippen LogP contribution in [0.25, 0.3) is 0 Å². The summed E-state index contributed by atoms with van der Waals surface area (Å²) in [5.41, 5.74) is 1.77. The Kier molecular flexibility index (Phi) is 5.97. The lowest BCUT2D eigenvalue weighted by Gasteiger charge is -2.05. The van der Waals surface area contributed by atoms with Gasteiger partial charge in [-0.15, -0.1) is 11.8 Å². The first kappa shape index (κ1) is 16.5. The van der Waals surface area contributed by atoms with E-state index in [1.807, 2.05) is 24.3 Å². The Bertz CT molecular complexity index is 677. The summed E-state index contributed by atoms with van der Waals surface area (Å²) in [6.07, 6.45) is 0. The van der Waals surface area contributed by atoms with E-state index in [-0.39, 0.29) is 11.6 Å². The van der Waals surface area contributed by atoms with Gasteiger partial charge in [0.1, 0.15) is 0 Å². The van der Waals surface area contributed by atoms with Crippen molar-refractivity contribution in [1.29, 1.82) is 0 Å².